The molecule has 0 aromatic heterocycles. The Kier molecular flexibility index (Phi) is 11.9. The molecule has 4 atom stereocenters. The molecule has 0 aliphatic heterocycles. The number of carboxylic acid groups (broad SMARTS) is 2. The molecule has 0 aliphatic rings. The van der Waals surface area contributed by atoms with Gasteiger partial charge >= 0.3 is 11.9 Å². The Balaban J connectivity index is 3.11. The third kappa shape index (κ3) is 11.1. The van der Waals surface area contributed by atoms with E-state index in [0.717, 1.165) is 0 Å². The number of primary amides is 1. The molecule has 0 saturated carbocycles. The van der Waals surface area contributed by atoms with Crippen LogP contribution in [0.3, 0.4) is 0 Å². The van der Waals surface area contributed by atoms with Gasteiger partial charge in [0.25, 0.3) is 0 Å². The Morgan fingerprint density at radius 1 is 0.800 bits per heavy atom. The van der Waals surface area contributed by atoms with Crippen molar-refractivity contribution in [2.24, 2.45) is 11.5 Å². The van der Waals surface area contributed by atoms with E-state index in [1.54, 1.807) is 30.3 Å². The molecule has 0 spiro atoms. The fraction of sp³-hybridized carbons (Fsp3) is 0.455. The maximum Gasteiger partial charge on any atom is 0.326 e. The molecular formula is C22H31N5O8. The van der Waals surface area contributed by atoms with Crippen LogP contribution in [-0.2, 0) is 35.2 Å². The molecule has 0 bridgehead atoms. The number of rotatable bonds is 15. The molecule has 0 saturated heterocycles. The standard InChI is InChI=1S/C22H31N5O8/c1-12(23)19(31)25-14(8-10-18(29)30)20(32)27-16(11-13-5-3-2-4-6-13)21(33)26-15(22(34)35)7-9-17(24)28/h2-6,12,14-16H,7-11,23H2,1H3,(H2,24,28)(H,25,31)(H,26,33)(H,27,32)(H,29,30)(H,34,35). The van der Waals surface area contributed by atoms with Crippen molar-refractivity contribution in [2.75, 3.05) is 0 Å². The number of carboxylic acids is 2. The maximum absolute atomic E-state index is 13.0. The Bertz CT molecular complexity index is 922. The number of amides is 4. The smallest absolute Gasteiger partial charge is 0.326 e. The molecule has 13 nitrogen and oxygen atoms in total. The Labute approximate surface area is 201 Å². The second kappa shape index (κ2) is 14.3. The van der Waals surface area contributed by atoms with Crippen LogP contribution in [-0.4, -0.2) is 69.9 Å². The largest absolute Gasteiger partial charge is 0.481 e. The molecule has 35 heavy (non-hydrogen) atoms. The van der Waals surface area contributed by atoms with Crippen molar-refractivity contribution in [2.45, 2.75) is 63.2 Å². The normalized spacial score (nSPS) is 14.0. The van der Waals surface area contributed by atoms with Crippen molar-refractivity contribution in [3.8, 4) is 0 Å². The topological polar surface area (TPSA) is 231 Å². The number of nitrogens with one attached hydrogen (secondary N) is 3. The monoisotopic (exact) mass is 493 g/mol. The molecule has 192 valence electrons. The van der Waals surface area contributed by atoms with Crippen molar-refractivity contribution < 1.29 is 39.0 Å². The summed E-state index contributed by atoms with van der Waals surface area (Å²) in [6.07, 6.45) is -1.29. The molecule has 4 unspecified atom stereocenters. The summed E-state index contributed by atoms with van der Waals surface area (Å²) in [5.74, 6) is -5.74. The van der Waals surface area contributed by atoms with Gasteiger partial charge in [-0.25, -0.2) is 4.79 Å². The van der Waals surface area contributed by atoms with Crippen LogP contribution < -0.4 is 27.4 Å². The molecular weight excluding hydrogens is 462 g/mol. The lowest BCUT2D eigenvalue weighted by atomic mass is 10.0. The highest BCUT2D eigenvalue weighted by Gasteiger charge is 2.30. The first kappa shape index (κ1) is 29.0. The molecule has 0 radical (unpaired) electrons. The van der Waals surface area contributed by atoms with Gasteiger partial charge in [-0.1, -0.05) is 30.3 Å². The highest BCUT2D eigenvalue weighted by Crippen LogP contribution is 2.07. The minimum Gasteiger partial charge on any atom is -0.481 e. The number of benzene rings is 1. The van der Waals surface area contributed by atoms with Crippen LogP contribution in [0.5, 0.6) is 0 Å². The fourth-order valence-corrected chi connectivity index (χ4v) is 2.99. The van der Waals surface area contributed by atoms with E-state index in [1.807, 2.05) is 0 Å². The summed E-state index contributed by atoms with van der Waals surface area (Å²) in [6.45, 7) is 1.38. The molecule has 0 fully saturated rings. The van der Waals surface area contributed by atoms with Gasteiger partial charge in [-0.05, 0) is 25.3 Å². The minimum atomic E-state index is -1.44. The lowest BCUT2D eigenvalue weighted by Gasteiger charge is -2.25. The van der Waals surface area contributed by atoms with Gasteiger partial charge in [0.2, 0.25) is 23.6 Å². The highest BCUT2D eigenvalue weighted by molar-refractivity contribution is 5.94. The van der Waals surface area contributed by atoms with Gasteiger partial charge in [0.15, 0.2) is 0 Å². The molecule has 1 rings (SSSR count). The second-order valence-electron chi connectivity index (χ2n) is 7.94. The molecule has 1 aromatic rings. The first-order valence-corrected chi connectivity index (χ1v) is 10.8. The number of hydrogen-bond acceptors (Lipinski definition) is 7. The van der Waals surface area contributed by atoms with Crippen LogP contribution in [0.15, 0.2) is 30.3 Å². The molecule has 9 N–H and O–H groups in total. The number of hydrogen-bond donors (Lipinski definition) is 7. The zero-order chi connectivity index (χ0) is 26.5. The third-order valence-corrected chi connectivity index (χ3v) is 4.90. The predicted molar refractivity (Wildman–Crippen MR) is 123 cm³/mol. The average molecular weight is 494 g/mol. The predicted octanol–water partition coefficient (Wildman–Crippen LogP) is -1.75. The van der Waals surface area contributed by atoms with Crippen molar-refractivity contribution in [3.05, 3.63) is 35.9 Å². The summed E-state index contributed by atoms with van der Waals surface area (Å²) in [5.41, 5.74) is 11.2. The van der Waals surface area contributed by atoms with Gasteiger partial charge in [0, 0.05) is 19.3 Å². The molecule has 4 amide bonds. The minimum absolute atomic E-state index is 0.0343. The zero-order valence-corrected chi connectivity index (χ0v) is 19.2. The fourth-order valence-electron chi connectivity index (χ4n) is 2.99. The van der Waals surface area contributed by atoms with E-state index in [4.69, 9.17) is 16.6 Å². The lowest BCUT2D eigenvalue weighted by molar-refractivity contribution is -0.142. The van der Waals surface area contributed by atoms with E-state index < -0.39 is 66.2 Å². The first-order valence-electron chi connectivity index (χ1n) is 10.8. The van der Waals surface area contributed by atoms with Crippen LogP contribution in [0, 0.1) is 0 Å². The van der Waals surface area contributed by atoms with Gasteiger partial charge in [-0.3, -0.25) is 24.0 Å². The van der Waals surface area contributed by atoms with E-state index in [0.29, 0.717) is 5.56 Å². The van der Waals surface area contributed by atoms with E-state index in [-0.39, 0.29) is 25.7 Å². The summed E-state index contributed by atoms with van der Waals surface area (Å²) >= 11 is 0. The summed E-state index contributed by atoms with van der Waals surface area (Å²) in [4.78, 5) is 71.4. The van der Waals surface area contributed by atoms with Crippen LogP contribution >= 0.6 is 0 Å². The second-order valence-corrected chi connectivity index (χ2v) is 7.94. The zero-order valence-electron chi connectivity index (χ0n) is 19.2. The number of aliphatic carboxylic acids is 2. The van der Waals surface area contributed by atoms with E-state index in [2.05, 4.69) is 16.0 Å². The van der Waals surface area contributed by atoms with Crippen molar-refractivity contribution in [1.29, 1.82) is 0 Å². The van der Waals surface area contributed by atoms with E-state index >= 15 is 0 Å². The van der Waals surface area contributed by atoms with Gasteiger partial charge in [-0.2, -0.15) is 0 Å². The van der Waals surface area contributed by atoms with Crippen LogP contribution in [0.2, 0.25) is 0 Å². The SMILES string of the molecule is CC(N)C(=O)NC(CCC(=O)O)C(=O)NC(Cc1ccccc1)C(=O)NC(CCC(N)=O)C(=O)O. The molecule has 13 heteroatoms. The van der Waals surface area contributed by atoms with Gasteiger partial charge in [-0.15, -0.1) is 0 Å². The average Bonchev–Trinajstić information content (AvgIpc) is 2.78. The Morgan fingerprint density at radius 2 is 1.31 bits per heavy atom. The van der Waals surface area contributed by atoms with Crippen molar-refractivity contribution in [3.63, 3.8) is 0 Å². The number of carbonyl (C=O) groups is 6. The van der Waals surface area contributed by atoms with Gasteiger partial charge < -0.3 is 37.6 Å². The van der Waals surface area contributed by atoms with Crippen LogP contribution in [0.25, 0.3) is 0 Å². The Morgan fingerprint density at radius 3 is 1.83 bits per heavy atom. The highest BCUT2D eigenvalue weighted by atomic mass is 16.4. The molecule has 1 aromatic carbocycles. The van der Waals surface area contributed by atoms with E-state index in [9.17, 15) is 33.9 Å². The van der Waals surface area contributed by atoms with Crippen molar-refractivity contribution >= 4 is 35.6 Å². The summed E-state index contributed by atoms with van der Waals surface area (Å²) in [5, 5.41) is 25.4. The van der Waals surface area contributed by atoms with Gasteiger partial charge in [0.05, 0.1) is 6.04 Å². The van der Waals surface area contributed by atoms with Gasteiger partial charge in [0.1, 0.15) is 18.1 Å². The quantitative estimate of drug-likeness (QED) is 0.146. The lowest BCUT2D eigenvalue weighted by Crippen LogP contribution is -2.57. The summed E-state index contributed by atoms with van der Waals surface area (Å²) < 4.78 is 0. The van der Waals surface area contributed by atoms with E-state index in [1.165, 1.54) is 6.92 Å². The summed E-state index contributed by atoms with van der Waals surface area (Å²) in [7, 11) is 0. The third-order valence-electron chi connectivity index (χ3n) is 4.90. The van der Waals surface area contributed by atoms with Crippen LogP contribution in [0.4, 0.5) is 0 Å². The Hall–Kier alpha value is -4.00. The summed E-state index contributed by atoms with van der Waals surface area (Å²) in [6, 6.07) is 3.54. The molecule has 0 aliphatic carbocycles. The first-order chi connectivity index (χ1) is 16.4. The maximum atomic E-state index is 13.0. The van der Waals surface area contributed by atoms with Crippen LogP contribution in [0.1, 0.15) is 38.2 Å². The number of carbonyl (C=O) groups excluding carboxylic acids is 4. The van der Waals surface area contributed by atoms with Crippen molar-refractivity contribution in [1.82, 2.24) is 16.0 Å². The molecule has 0 heterocycles. The number of nitrogens with two attached hydrogens (primary N) is 2.